The molecular weight excluding hydrogens is 486 g/mol. The highest BCUT2D eigenvalue weighted by Crippen LogP contribution is 2.17. The summed E-state index contributed by atoms with van der Waals surface area (Å²) in [6, 6.07) is 11.9. The van der Waals surface area contributed by atoms with E-state index in [1.165, 1.54) is 23.9 Å². The smallest absolute Gasteiger partial charge is 0.406 e. The molecule has 1 aliphatic heterocycles. The van der Waals surface area contributed by atoms with Gasteiger partial charge < -0.3 is 20.3 Å². The minimum atomic E-state index is -0.591. The van der Waals surface area contributed by atoms with E-state index in [9.17, 15) is 19.2 Å². The van der Waals surface area contributed by atoms with Crippen molar-refractivity contribution >= 4 is 40.5 Å². The van der Waals surface area contributed by atoms with Gasteiger partial charge in [-0.2, -0.15) is 0 Å². The lowest BCUT2D eigenvalue weighted by atomic mass is 10.1. The van der Waals surface area contributed by atoms with Crippen LogP contribution in [-0.4, -0.2) is 59.1 Å². The average Bonchev–Trinajstić information content (AvgIpc) is 3.37. The van der Waals surface area contributed by atoms with Crippen LogP contribution < -0.4 is 16.2 Å². The lowest BCUT2D eigenvalue weighted by Crippen LogP contribution is -2.39. The van der Waals surface area contributed by atoms with Crippen LogP contribution in [0.5, 0.6) is 0 Å². The summed E-state index contributed by atoms with van der Waals surface area (Å²) in [5.74, 6) is -0.718. The minimum Gasteiger partial charge on any atom is -0.453 e. The van der Waals surface area contributed by atoms with Gasteiger partial charge in [-0.05, 0) is 48.2 Å². The molecule has 0 bridgehead atoms. The molecule has 0 aliphatic carbocycles. The van der Waals surface area contributed by atoms with E-state index in [-0.39, 0.29) is 30.5 Å². The van der Waals surface area contributed by atoms with Gasteiger partial charge in [0.15, 0.2) is 0 Å². The summed E-state index contributed by atoms with van der Waals surface area (Å²) in [7, 11) is 1.29. The number of rotatable bonds is 7. The number of alkyl carbamates (subject to hydrolysis) is 1. The molecule has 2 N–H and O–H groups in total. The summed E-state index contributed by atoms with van der Waals surface area (Å²) >= 11 is 5.90. The number of halogens is 1. The van der Waals surface area contributed by atoms with Crippen LogP contribution in [-0.2, 0) is 22.6 Å². The van der Waals surface area contributed by atoms with Crippen molar-refractivity contribution in [3.8, 4) is 0 Å². The van der Waals surface area contributed by atoms with Crippen LogP contribution in [0.1, 0.15) is 22.3 Å². The van der Waals surface area contributed by atoms with Gasteiger partial charge in [0.2, 0.25) is 5.91 Å². The van der Waals surface area contributed by atoms with E-state index < -0.39 is 17.6 Å². The van der Waals surface area contributed by atoms with Gasteiger partial charge in [-0.1, -0.05) is 23.7 Å². The molecule has 3 heterocycles. The van der Waals surface area contributed by atoms with Crippen molar-refractivity contribution in [2.75, 3.05) is 26.7 Å². The number of carbonyl (C=O) groups is 3. The quantitative estimate of drug-likeness (QED) is 0.501. The number of pyridine rings is 2. The normalized spacial score (nSPS) is 15.1. The Hall–Kier alpha value is -3.92. The van der Waals surface area contributed by atoms with Gasteiger partial charge in [-0.15, -0.1) is 0 Å². The maximum atomic E-state index is 13.3. The molecule has 1 saturated heterocycles. The van der Waals surface area contributed by atoms with Crippen molar-refractivity contribution in [3.63, 3.8) is 0 Å². The number of nitrogens with zero attached hydrogens (tertiary/aromatic N) is 3. The first-order valence-electron chi connectivity index (χ1n) is 11.5. The van der Waals surface area contributed by atoms with E-state index in [1.54, 1.807) is 41.3 Å². The van der Waals surface area contributed by atoms with E-state index in [4.69, 9.17) is 11.6 Å². The molecule has 2 aromatic heterocycles. The van der Waals surface area contributed by atoms with Crippen molar-refractivity contribution in [3.05, 3.63) is 75.2 Å². The van der Waals surface area contributed by atoms with Gasteiger partial charge in [0.1, 0.15) is 17.8 Å². The van der Waals surface area contributed by atoms with Gasteiger partial charge in [0.05, 0.1) is 7.11 Å². The molecule has 3 amide bonds. The van der Waals surface area contributed by atoms with Crippen LogP contribution in [0.3, 0.4) is 0 Å². The summed E-state index contributed by atoms with van der Waals surface area (Å²) in [5.41, 5.74) is 0.495. The van der Waals surface area contributed by atoms with Gasteiger partial charge in [0, 0.05) is 42.8 Å². The van der Waals surface area contributed by atoms with E-state index >= 15 is 0 Å². The Labute approximate surface area is 212 Å². The lowest BCUT2D eigenvalue weighted by Gasteiger charge is -2.18. The fraction of sp³-hybridized carbons (Fsp3) is 0.320. The molecule has 4 rings (SSSR count). The van der Waals surface area contributed by atoms with Gasteiger partial charge >= 0.3 is 6.09 Å². The molecule has 36 heavy (non-hydrogen) atoms. The van der Waals surface area contributed by atoms with E-state index in [1.807, 2.05) is 0 Å². The maximum Gasteiger partial charge on any atom is 0.406 e. The third-order valence-electron chi connectivity index (χ3n) is 6.11. The molecule has 0 radical (unpaired) electrons. The first kappa shape index (κ1) is 25.2. The molecule has 0 spiro atoms. The van der Waals surface area contributed by atoms with Crippen LogP contribution in [0.15, 0.2) is 53.5 Å². The fourth-order valence-electron chi connectivity index (χ4n) is 4.16. The van der Waals surface area contributed by atoms with Crippen LogP contribution in [0.25, 0.3) is 11.0 Å². The molecule has 3 aromatic rings. The SMILES string of the molecule is COC(=O)NCC1CCN(C(=O)Cn2c(=O)c(C(=O)NCc3ccc(Cl)cc3)cc3cccnc32)C1. The zero-order valence-electron chi connectivity index (χ0n) is 19.7. The number of hydrogen-bond acceptors (Lipinski definition) is 6. The predicted molar refractivity (Wildman–Crippen MR) is 134 cm³/mol. The highest BCUT2D eigenvalue weighted by molar-refractivity contribution is 6.30. The average molecular weight is 512 g/mol. The lowest BCUT2D eigenvalue weighted by molar-refractivity contribution is -0.130. The van der Waals surface area contributed by atoms with Crippen molar-refractivity contribution in [1.82, 2.24) is 25.1 Å². The number of methoxy groups -OCH3 is 1. The summed E-state index contributed by atoms with van der Waals surface area (Å²) in [6.45, 7) is 1.32. The molecule has 1 fully saturated rings. The molecular formula is C25H26ClN5O5. The van der Waals surface area contributed by atoms with Crippen LogP contribution in [0.2, 0.25) is 5.02 Å². The molecule has 1 aromatic carbocycles. The maximum absolute atomic E-state index is 13.3. The second kappa shape index (κ2) is 11.2. The highest BCUT2D eigenvalue weighted by Gasteiger charge is 2.28. The molecule has 1 aliphatic rings. The number of nitrogens with one attached hydrogen (secondary N) is 2. The van der Waals surface area contributed by atoms with Crippen molar-refractivity contribution < 1.29 is 19.1 Å². The Bertz CT molecular complexity index is 1340. The number of ether oxygens (including phenoxy) is 1. The van der Waals surface area contributed by atoms with E-state index in [2.05, 4.69) is 20.4 Å². The summed E-state index contributed by atoms with van der Waals surface area (Å²) in [6.07, 6.45) is 1.74. The Morgan fingerprint density at radius 2 is 1.94 bits per heavy atom. The van der Waals surface area contributed by atoms with Crippen LogP contribution >= 0.6 is 11.6 Å². The topological polar surface area (TPSA) is 123 Å². The monoisotopic (exact) mass is 511 g/mol. The van der Waals surface area contributed by atoms with E-state index in [0.29, 0.717) is 35.7 Å². The third-order valence-corrected chi connectivity index (χ3v) is 6.36. The summed E-state index contributed by atoms with van der Waals surface area (Å²) in [5, 5.41) is 6.56. The zero-order valence-corrected chi connectivity index (χ0v) is 20.5. The van der Waals surface area contributed by atoms with Gasteiger partial charge in [-0.25, -0.2) is 9.78 Å². The number of aromatic nitrogens is 2. The predicted octanol–water partition coefficient (Wildman–Crippen LogP) is 2.18. The number of benzene rings is 1. The Morgan fingerprint density at radius 3 is 2.69 bits per heavy atom. The largest absolute Gasteiger partial charge is 0.453 e. The number of carbonyl (C=O) groups excluding carboxylic acids is 3. The second-order valence-corrected chi connectivity index (χ2v) is 8.98. The third kappa shape index (κ3) is 5.83. The molecule has 10 nitrogen and oxygen atoms in total. The van der Waals surface area contributed by atoms with Crippen molar-refractivity contribution in [2.24, 2.45) is 5.92 Å². The minimum absolute atomic E-state index is 0.0705. The van der Waals surface area contributed by atoms with Crippen molar-refractivity contribution in [2.45, 2.75) is 19.5 Å². The Balaban J connectivity index is 1.51. The van der Waals surface area contributed by atoms with Gasteiger partial charge in [0.25, 0.3) is 11.5 Å². The first-order valence-corrected chi connectivity index (χ1v) is 11.8. The Kier molecular flexibility index (Phi) is 7.84. The van der Waals surface area contributed by atoms with E-state index in [0.717, 1.165) is 12.0 Å². The zero-order chi connectivity index (χ0) is 25.7. The highest BCUT2D eigenvalue weighted by atomic mass is 35.5. The first-order chi connectivity index (χ1) is 17.4. The number of amides is 3. The summed E-state index contributed by atoms with van der Waals surface area (Å²) < 4.78 is 5.83. The van der Waals surface area contributed by atoms with Crippen molar-refractivity contribution in [1.29, 1.82) is 0 Å². The van der Waals surface area contributed by atoms with Crippen LogP contribution in [0.4, 0.5) is 4.79 Å². The number of likely N-dealkylation sites (tertiary alicyclic amines) is 1. The van der Waals surface area contributed by atoms with Gasteiger partial charge in [-0.3, -0.25) is 19.0 Å². The molecule has 11 heteroatoms. The number of hydrogen-bond donors (Lipinski definition) is 2. The fourth-order valence-corrected chi connectivity index (χ4v) is 4.28. The van der Waals surface area contributed by atoms with Crippen LogP contribution in [0, 0.1) is 5.92 Å². The molecule has 1 atom stereocenters. The Morgan fingerprint density at radius 1 is 1.17 bits per heavy atom. The number of fused-ring (bicyclic) bond motifs is 1. The standard InChI is InChI=1S/C25H26ClN5O5/c1-36-25(35)29-13-17-8-10-30(14-17)21(32)15-31-22-18(3-2-9-27-22)11-20(24(31)34)23(33)28-12-16-4-6-19(26)7-5-16/h2-7,9,11,17H,8,10,12-15H2,1H3,(H,28,33)(H,29,35). The summed E-state index contributed by atoms with van der Waals surface area (Å²) in [4.78, 5) is 56.6. The molecule has 188 valence electrons. The second-order valence-electron chi connectivity index (χ2n) is 8.54. The molecule has 0 saturated carbocycles. The molecule has 1 unspecified atom stereocenters.